The molecule has 0 saturated heterocycles. The van der Waals surface area contributed by atoms with Crippen LogP contribution in [0, 0.1) is 0 Å². The number of ether oxygens (including phenoxy) is 2. The summed E-state index contributed by atoms with van der Waals surface area (Å²) >= 11 is 2.89. The van der Waals surface area contributed by atoms with E-state index in [0.29, 0.717) is 48.5 Å². The predicted molar refractivity (Wildman–Crippen MR) is 114 cm³/mol. The minimum Gasteiger partial charge on any atom is -0.486 e. The Morgan fingerprint density at radius 3 is 3.07 bits per heavy atom. The summed E-state index contributed by atoms with van der Waals surface area (Å²) in [4.78, 5) is 31.7. The van der Waals surface area contributed by atoms with Crippen LogP contribution < -0.4 is 15.0 Å². The summed E-state index contributed by atoms with van der Waals surface area (Å²) in [6.07, 6.45) is 1.71. The molecule has 1 aliphatic rings. The minimum atomic E-state index is -0.0931. The molecule has 7 nitrogen and oxygen atoms in total. The Balaban J connectivity index is 1.37. The predicted octanol–water partition coefficient (Wildman–Crippen LogP) is 2.81. The molecule has 29 heavy (non-hydrogen) atoms. The standard InChI is InChI=1S/C20H21N3O4S2/c1-2-22(11-14-4-3-5-16-19(14)27-8-7-26-16)18(25)13-28-12-15-10-17(24)23-6-9-29-20(23)21-15/h3-6,9-10H,2,7-8,11-13H2,1H3. The SMILES string of the molecule is CCN(Cc1cccc2c1OCCO2)C(=O)CSCc1cc(=O)n2ccsc2n1. The van der Waals surface area contributed by atoms with Gasteiger partial charge in [-0.1, -0.05) is 12.1 Å². The molecule has 0 atom stereocenters. The Morgan fingerprint density at radius 1 is 1.34 bits per heavy atom. The lowest BCUT2D eigenvalue weighted by molar-refractivity contribution is -0.128. The van der Waals surface area contributed by atoms with E-state index in [1.807, 2.05) is 30.5 Å². The minimum absolute atomic E-state index is 0.0424. The van der Waals surface area contributed by atoms with Gasteiger partial charge in [-0.05, 0) is 13.0 Å². The molecule has 1 aliphatic heterocycles. The van der Waals surface area contributed by atoms with Crippen LogP contribution in [0.3, 0.4) is 0 Å². The van der Waals surface area contributed by atoms with E-state index in [1.54, 1.807) is 11.1 Å². The normalized spacial score (nSPS) is 12.9. The number of fused-ring (bicyclic) bond motifs is 2. The van der Waals surface area contributed by atoms with Crippen molar-refractivity contribution in [3.05, 3.63) is 57.5 Å². The van der Waals surface area contributed by atoms with Gasteiger partial charge in [0.2, 0.25) is 5.91 Å². The van der Waals surface area contributed by atoms with Crippen LogP contribution in [-0.4, -0.2) is 45.7 Å². The van der Waals surface area contributed by atoms with Gasteiger partial charge in [-0.2, -0.15) is 0 Å². The summed E-state index contributed by atoms with van der Waals surface area (Å²) in [5, 5.41) is 1.83. The third kappa shape index (κ3) is 4.40. The lowest BCUT2D eigenvalue weighted by Crippen LogP contribution is -2.32. The van der Waals surface area contributed by atoms with E-state index in [2.05, 4.69) is 4.98 Å². The molecule has 3 aromatic rings. The van der Waals surface area contributed by atoms with Crippen molar-refractivity contribution in [3.63, 3.8) is 0 Å². The molecule has 0 unspecified atom stereocenters. The highest BCUT2D eigenvalue weighted by Gasteiger charge is 2.19. The van der Waals surface area contributed by atoms with Gasteiger partial charge < -0.3 is 14.4 Å². The number of benzene rings is 1. The number of aromatic nitrogens is 2. The molecule has 0 N–H and O–H groups in total. The average molecular weight is 432 g/mol. The highest BCUT2D eigenvalue weighted by Crippen LogP contribution is 2.34. The summed E-state index contributed by atoms with van der Waals surface area (Å²) < 4.78 is 12.9. The van der Waals surface area contributed by atoms with E-state index in [4.69, 9.17) is 9.47 Å². The third-order valence-corrected chi connectivity index (χ3v) is 6.28. The second-order valence-electron chi connectivity index (χ2n) is 6.48. The molecule has 1 amide bonds. The van der Waals surface area contributed by atoms with Crippen LogP contribution in [0.4, 0.5) is 0 Å². The van der Waals surface area contributed by atoms with Crippen molar-refractivity contribution >= 4 is 34.0 Å². The second kappa shape index (κ2) is 8.87. The summed E-state index contributed by atoms with van der Waals surface area (Å²) in [6, 6.07) is 7.29. The first-order chi connectivity index (χ1) is 14.2. The Kier molecular flexibility index (Phi) is 6.05. The number of thioether (sulfide) groups is 1. The number of para-hydroxylation sites is 1. The highest BCUT2D eigenvalue weighted by atomic mass is 32.2. The highest BCUT2D eigenvalue weighted by molar-refractivity contribution is 7.99. The maximum atomic E-state index is 12.7. The molecular weight excluding hydrogens is 410 g/mol. The maximum Gasteiger partial charge on any atom is 0.258 e. The van der Waals surface area contributed by atoms with Crippen molar-refractivity contribution in [1.29, 1.82) is 0 Å². The van der Waals surface area contributed by atoms with Gasteiger partial charge in [0.05, 0.1) is 11.4 Å². The van der Waals surface area contributed by atoms with E-state index in [0.717, 1.165) is 17.1 Å². The zero-order chi connectivity index (χ0) is 20.2. The van der Waals surface area contributed by atoms with Crippen LogP contribution in [0.15, 0.2) is 40.6 Å². The average Bonchev–Trinajstić information content (AvgIpc) is 3.21. The number of amides is 1. The molecule has 0 radical (unpaired) electrons. The van der Waals surface area contributed by atoms with E-state index < -0.39 is 0 Å². The Bertz CT molecular complexity index is 1080. The monoisotopic (exact) mass is 431 g/mol. The van der Waals surface area contributed by atoms with Crippen molar-refractivity contribution < 1.29 is 14.3 Å². The Morgan fingerprint density at radius 2 is 2.21 bits per heavy atom. The summed E-state index contributed by atoms with van der Waals surface area (Å²) in [7, 11) is 0. The van der Waals surface area contributed by atoms with Crippen LogP contribution in [0.5, 0.6) is 11.5 Å². The number of carbonyl (C=O) groups is 1. The molecule has 0 aliphatic carbocycles. The topological polar surface area (TPSA) is 73.1 Å². The molecule has 0 fully saturated rings. The van der Waals surface area contributed by atoms with E-state index in [-0.39, 0.29) is 11.5 Å². The Hall–Kier alpha value is -2.52. The molecule has 152 valence electrons. The van der Waals surface area contributed by atoms with Crippen molar-refractivity contribution in [3.8, 4) is 11.5 Å². The zero-order valence-electron chi connectivity index (χ0n) is 16.0. The number of rotatable bonds is 7. The van der Waals surface area contributed by atoms with Crippen LogP contribution in [0.1, 0.15) is 18.2 Å². The molecule has 4 rings (SSSR count). The van der Waals surface area contributed by atoms with Gasteiger partial charge >= 0.3 is 0 Å². The number of hydrogen-bond donors (Lipinski definition) is 0. The van der Waals surface area contributed by atoms with Crippen LogP contribution in [0.25, 0.3) is 4.96 Å². The number of nitrogens with zero attached hydrogens (tertiary/aromatic N) is 3. The number of hydrogen-bond acceptors (Lipinski definition) is 7. The van der Waals surface area contributed by atoms with Gasteiger partial charge in [0.25, 0.3) is 5.56 Å². The zero-order valence-corrected chi connectivity index (χ0v) is 17.6. The van der Waals surface area contributed by atoms with Gasteiger partial charge in [-0.15, -0.1) is 23.1 Å². The fourth-order valence-corrected chi connectivity index (χ4v) is 4.69. The molecule has 2 aromatic heterocycles. The quantitative estimate of drug-likeness (QED) is 0.573. The summed E-state index contributed by atoms with van der Waals surface area (Å²) in [6.45, 7) is 4.09. The Labute approximate surface area is 176 Å². The van der Waals surface area contributed by atoms with E-state index in [1.165, 1.54) is 33.6 Å². The molecule has 9 heteroatoms. The van der Waals surface area contributed by atoms with Crippen molar-refractivity contribution in [2.75, 3.05) is 25.5 Å². The van der Waals surface area contributed by atoms with E-state index in [9.17, 15) is 9.59 Å². The molecule has 0 spiro atoms. The molecule has 0 saturated carbocycles. The van der Waals surface area contributed by atoms with Crippen LogP contribution >= 0.6 is 23.1 Å². The first-order valence-electron chi connectivity index (χ1n) is 9.34. The second-order valence-corrected chi connectivity index (χ2v) is 8.34. The first kappa shape index (κ1) is 19.8. The van der Waals surface area contributed by atoms with Gasteiger partial charge in [-0.25, -0.2) is 4.98 Å². The molecular formula is C20H21N3O4S2. The number of thiazole rings is 1. The van der Waals surface area contributed by atoms with Gasteiger partial charge in [-0.3, -0.25) is 14.0 Å². The summed E-state index contributed by atoms with van der Waals surface area (Å²) in [5.41, 5.74) is 1.55. The van der Waals surface area contributed by atoms with Crippen LogP contribution in [-0.2, 0) is 17.1 Å². The lowest BCUT2D eigenvalue weighted by Gasteiger charge is -2.25. The fraction of sp³-hybridized carbons (Fsp3) is 0.350. The van der Waals surface area contributed by atoms with Crippen LogP contribution in [0.2, 0.25) is 0 Å². The molecule has 1 aromatic carbocycles. The van der Waals surface area contributed by atoms with Gasteiger partial charge in [0.15, 0.2) is 16.5 Å². The smallest absolute Gasteiger partial charge is 0.258 e. The molecule has 3 heterocycles. The fourth-order valence-electron chi connectivity index (χ4n) is 3.14. The third-order valence-electron chi connectivity index (χ3n) is 4.58. The van der Waals surface area contributed by atoms with Crippen molar-refractivity contribution in [1.82, 2.24) is 14.3 Å². The largest absolute Gasteiger partial charge is 0.486 e. The molecule has 0 bridgehead atoms. The summed E-state index contributed by atoms with van der Waals surface area (Å²) in [5.74, 6) is 2.34. The maximum absolute atomic E-state index is 12.7. The van der Waals surface area contributed by atoms with E-state index >= 15 is 0 Å². The van der Waals surface area contributed by atoms with Crippen molar-refractivity contribution in [2.45, 2.75) is 19.2 Å². The van der Waals surface area contributed by atoms with Crippen molar-refractivity contribution in [2.24, 2.45) is 0 Å². The first-order valence-corrected chi connectivity index (χ1v) is 11.4. The van der Waals surface area contributed by atoms with Gasteiger partial charge in [0, 0.05) is 42.0 Å². The lowest BCUT2D eigenvalue weighted by atomic mass is 10.1. The van der Waals surface area contributed by atoms with Gasteiger partial charge in [0.1, 0.15) is 13.2 Å². The number of carbonyl (C=O) groups excluding carboxylic acids is 1.